The SMILES string of the molecule is N#Cc1cccn1C/C(Cl)=C\Cl. The van der Waals surface area contributed by atoms with Gasteiger partial charge in [0.25, 0.3) is 0 Å². The highest BCUT2D eigenvalue weighted by atomic mass is 35.5. The standard InChI is InChI=1S/C8H6Cl2N2/c9-4-7(10)6-12-3-1-2-8(12)5-11/h1-4H,6H2/b7-4+. The minimum atomic E-state index is 0.445. The molecule has 2 nitrogen and oxygen atoms in total. The zero-order valence-electron chi connectivity index (χ0n) is 6.17. The van der Waals surface area contributed by atoms with Gasteiger partial charge in [-0.25, -0.2) is 0 Å². The first-order valence-electron chi connectivity index (χ1n) is 3.28. The van der Waals surface area contributed by atoms with Crippen molar-refractivity contribution in [3.05, 3.63) is 34.6 Å². The lowest BCUT2D eigenvalue weighted by Gasteiger charge is -2.01. The fourth-order valence-electron chi connectivity index (χ4n) is 0.851. The molecule has 0 aliphatic rings. The summed E-state index contributed by atoms with van der Waals surface area (Å²) in [5.41, 5.74) is 1.87. The Kier molecular flexibility index (Phi) is 3.21. The number of hydrogen-bond acceptors (Lipinski definition) is 1. The van der Waals surface area contributed by atoms with Crippen LogP contribution in [-0.4, -0.2) is 4.57 Å². The van der Waals surface area contributed by atoms with Crippen molar-refractivity contribution >= 4 is 23.2 Å². The van der Waals surface area contributed by atoms with Crippen LogP contribution >= 0.6 is 23.2 Å². The normalized spacial score (nSPS) is 11.2. The molecule has 0 fully saturated rings. The van der Waals surface area contributed by atoms with E-state index >= 15 is 0 Å². The summed E-state index contributed by atoms with van der Waals surface area (Å²) in [5, 5.41) is 9.13. The molecule has 0 unspecified atom stereocenters. The third kappa shape index (κ3) is 2.04. The lowest BCUT2D eigenvalue weighted by Crippen LogP contribution is -1.98. The second-order valence-electron chi connectivity index (χ2n) is 2.19. The highest BCUT2D eigenvalue weighted by molar-refractivity contribution is 6.36. The third-order valence-electron chi connectivity index (χ3n) is 1.38. The Morgan fingerprint density at radius 3 is 3.08 bits per heavy atom. The molecule has 12 heavy (non-hydrogen) atoms. The lowest BCUT2D eigenvalue weighted by molar-refractivity contribution is 0.806. The number of nitrogens with zero attached hydrogens (tertiary/aromatic N) is 2. The van der Waals surface area contributed by atoms with Gasteiger partial charge in [0.15, 0.2) is 0 Å². The van der Waals surface area contributed by atoms with Crippen molar-refractivity contribution in [3.8, 4) is 6.07 Å². The highest BCUT2D eigenvalue weighted by Crippen LogP contribution is 2.09. The number of allylic oxidation sites excluding steroid dienone is 1. The maximum atomic E-state index is 8.63. The first-order valence-corrected chi connectivity index (χ1v) is 4.09. The molecule has 1 rings (SSSR count). The van der Waals surface area contributed by atoms with Gasteiger partial charge in [-0.15, -0.1) is 0 Å². The van der Waals surface area contributed by atoms with Crippen LogP contribution in [0.5, 0.6) is 0 Å². The Hall–Kier alpha value is -0.910. The van der Waals surface area contributed by atoms with Gasteiger partial charge in [-0.05, 0) is 12.1 Å². The Bertz CT molecular complexity index is 333. The number of rotatable bonds is 2. The molecule has 4 heteroatoms. The summed E-state index contributed by atoms with van der Waals surface area (Å²) in [5.74, 6) is 0. The maximum Gasteiger partial charge on any atom is 0.120 e. The molecule has 0 N–H and O–H groups in total. The summed E-state index contributed by atoms with van der Waals surface area (Å²) < 4.78 is 1.72. The van der Waals surface area contributed by atoms with Crippen LogP contribution < -0.4 is 0 Å². The molecule has 0 aliphatic heterocycles. The second-order valence-corrected chi connectivity index (χ2v) is 2.89. The van der Waals surface area contributed by atoms with Crippen molar-refractivity contribution in [3.63, 3.8) is 0 Å². The Labute approximate surface area is 80.6 Å². The molecule has 0 atom stereocenters. The van der Waals surface area contributed by atoms with Crippen LogP contribution in [0.3, 0.4) is 0 Å². The van der Waals surface area contributed by atoms with Crippen LogP contribution in [0.2, 0.25) is 0 Å². The number of halogens is 2. The van der Waals surface area contributed by atoms with E-state index in [1.165, 1.54) is 5.54 Å². The monoisotopic (exact) mass is 200 g/mol. The molecule has 1 heterocycles. The van der Waals surface area contributed by atoms with Crippen molar-refractivity contribution < 1.29 is 0 Å². The van der Waals surface area contributed by atoms with Crippen LogP contribution in [0.25, 0.3) is 0 Å². The smallest absolute Gasteiger partial charge is 0.120 e. The van der Waals surface area contributed by atoms with Gasteiger partial charge in [0.05, 0.1) is 6.54 Å². The fourth-order valence-corrected chi connectivity index (χ4v) is 1.05. The van der Waals surface area contributed by atoms with Crippen LogP contribution in [0.4, 0.5) is 0 Å². The molecule has 62 valence electrons. The van der Waals surface area contributed by atoms with Crippen LogP contribution in [-0.2, 0) is 6.54 Å². The van der Waals surface area contributed by atoms with Crippen molar-refractivity contribution in [2.75, 3.05) is 0 Å². The van der Waals surface area contributed by atoms with Crippen molar-refractivity contribution in [1.29, 1.82) is 5.26 Å². The van der Waals surface area contributed by atoms with Crippen molar-refractivity contribution in [2.24, 2.45) is 0 Å². The summed E-state index contributed by atoms with van der Waals surface area (Å²) in [6.45, 7) is 0.445. The van der Waals surface area contributed by atoms with Crippen LogP contribution in [0.15, 0.2) is 28.9 Å². The van der Waals surface area contributed by atoms with E-state index < -0.39 is 0 Å². The molecule has 0 amide bonds. The Balaban J connectivity index is 2.83. The molecule has 1 aromatic rings. The quantitative estimate of drug-likeness (QED) is 0.722. The largest absolute Gasteiger partial charge is 0.334 e. The summed E-state index contributed by atoms with van der Waals surface area (Å²) in [6, 6.07) is 5.55. The molecule has 0 spiro atoms. The van der Waals surface area contributed by atoms with Crippen LogP contribution in [0.1, 0.15) is 5.69 Å². The van der Waals surface area contributed by atoms with Crippen molar-refractivity contribution in [2.45, 2.75) is 6.54 Å². The first-order chi connectivity index (χ1) is 5.77. The molecule has 0 saturated heterocycles. The minimum Gasteiger partial charge on any atom is -0.334 e. The van der Waals surface area contributed by atoms with Gasteiger partial charge in [-0.2, -0.15) is 5.26 Å². The summed E-state index contributed by atoms with van der Waals surface area (Å²) in [6.07, 6.45) is 1.78. The fraction of sp³-hybridized carbons (Fsp3) is 0.125. The van der Waals surface area contributed by atoms with E-state index in [2.05, 4.69) is 0 Å². The molecule has 0 radical (unpaired) electrons. The Morgan fingerprint density at radius 1 is 1.75 bits per heavy atom. The van der Waals surface area contributed by atoms with E-state index in [0.717, 1.165) is 0 Å². The highest BCUT2D eigenvalue weighted by Gasteiger charge is 1.99. The number of nitriles is 1. The average Bonchev–Trinajstić information content (AvgIpc) is 2.51. The van der Waals surface area contributed by atoms with E-state index in [1.54, 1.807) is 22.9 Å². The maximum absolute atomic E-state index is 8.63. The summed E-state index contributed by atoms with van der Waals surface area (Å²) in [4.78, 5) is 0. The molecule has 0 bridgehead atoms. The molecular weight excluding hydrogens is 195 g/mol. The number of hydrogen-bond donors (Lipinski definition) is 0. The van der Waals surface area contributed by atoms with E-state index in [0.29, 0.717) is 17.3 Å². The zero-order chi connectivity index (χ0) is 8.97. The van der Waals surface area contributed by atoms with E-state index in [4.69, 9.17) is 28.5 Å². The average molecular weight is 201 g/mol. The van der Waals surface area contributed by atoms with E-state index in [1.807, 2.05) is 6.07 Å². The molecular formula is C8H6Cl2N2. The molecule has 1 aromatic heterocycles. The second kappa shape index (κ2) is 4.20. The Morgan fingerprint density at radius 2 is 2.50 bits per heavy atom. The van der Waals surface area contributed by atoms with E-state index in [-0.39, 0.29) is 0 Å². The number of aromatic nitrogens is 1. The topological polar surface area (TPSA) is 28.7 Å². The van der Waals surface area contributed by atoms with Crippen molar-refractivity contribution in [1.82, 2.24) is 4.57 Å². The van der Waals surface area contributed by atoms with Gasteiger partial charge in [-0.1, -0.05) is 23.2 Å². The molecule has 0 aromatic carbocycles. The molecule has 0 saturated carbocycles. The van der Waals surface area contributed by atoms with Gasteiger partial charge in [0.2, 0.25) is 0 Å². The predicted octanol–water partition coefficient (Wildman–Crippen LogP) is 2.68. The molecule has 0 aliphatic carbocycles. The lowest BCUT2D eigenvalue weighted by atomic mass is 10.4. The summed E-state index contributed by atoms with van der Waals surface area (Å²) >= 11 is 11.1. The third-order valence-corrected chi connectivity index (χ3v) is 1.99. The van der Waals surface area contributed by atoms with Gasteiger partial charge < -0.3 is 4.57 Å². The summed E-state index contributed by atoms with van der Waals surface area (Å²) in [7, 11) is 0. The van der Waals surface area contributed by atoms with Gasteiger partial charge >= 0.3 is 0 Å². The minimum absolute atomic E-state index is 0.445. The van der Waals surface area contributed by atoms with Gasteiger partial charge in [0, 0.05) is 16.8 Å². The first kappa shape index (κ1) is 9.18. The zero-order valence-corrected chi connectivity index (χ0v) is 7.68. The van der Waals surface area contributed by atoms with Gasteiger partial charge in [-0.3, -0.25) is 0 Å². The van der Waals surface area contributed by atoms with Crippen LogP contribution in [0, 0.1) is 11.3 Å². The predicted molar refractivity (Wildman–Crippen MR) is 48.9 cm³/mol. The van der Waals surface area contributed by atoms with E-state index in [9.17, 15) is 0 Å². The van der Waals surface area contributed by atoms with Gasteiger partial charge in [0.1, 0.15) is 11.8 Å².